The zero-order chi connectivity index (χ0) is 10.1. The number of nitrogens with zero attached hydrogens (tertiary/aromatic N) is 1. The van der Waals surface area contributed by atoms with Crippen LogP contribution in [0.2, 0.25) is 0 Å². The van der Waals surface area contributed by atoms with E-state index in [1.165, 1.54) is 0 Å². The van der Waals surface area contributed by atoms with Gasteiger partial charge in [0.25, 0.3) is 0 Å². The molecule has 0 aromatic carbocycles. The summed E-state index contributed by atoms with van der Waals surface area (Å²) >= 11 is 0. The molecule has 78 valence electrons. The minimum absolute atomic E-state index is 0.0664. The fourth-order valence-corrected chi connectivity index (χ4v) is 1.88. The van der Waals surface area contributed by atoms with Gasteiger partial charge in [0.1, 0.15) is 5.72 Å². The third-order valence-corrected chi connectivity index (χ3v) is 2.76. The van der Waals surface area contributed by atoms with Crippen molar-refractivity contribution in [3.8, 4) is 0 Å². The Morgan fingerprint density at radius 3 is 2.00 bits per heavy atom. The lowest BCUT2D eigenvalue weighted by atomic mass is 9.82. The Bertz CT molecular complexity index is 166. The second-order valence-corrected chi connectivity index (χ2v) is 4.83. The molecule has 0 amide bonds. The van der Waals surface area contributed by atoms with E-state index in [1.54, 1.807) is 0 Å². The lowest BCUT2D eigenvalue weighted by Gasteiger charge is -2.50. The van der Waals surface area contributed by atoms with Gasteiger partial charge in [0, 0.05) is 5.41 Å². The molecule has 1 atom stereocenters. The summed E-state index contributed by atoms with van der Waals surface area (Å²) in [7, 11) is 4.08. The van der Waals surface area contributed by atoms with E-state index in [0.29, 0.717) is 19.8 Å². The summed E-state index contributed by atoms with van der Waals surface area (Å²) in [6.07, 6.45) is 0. The highest BCUT2D eigenvalue weighted by atomic mass is 16.6. The molecule has 0 radical (unpaired) electrons. The molecule has 1 aliphatic heterocycles. The van der Waals surface area contributed by atoms with Crippen LogP contribution < -0.4 is 0 Å². The lowest BCUT2D eigenvalue weighted by Crippen LogP contribution is -2.61. The van der Waals surface area contributed by atoms with Crippen LogP contribution in [0.5, 0.6) is 0 Å². The third kappa shape index (κ3) is 1.87. The van der Waals surface area contributed by atoms with E-state index in [4.69, 9.17) is 9.47 Å². The summed E-state index contributed by atoms with van der Waals surface area (Å²) in [4.78, 5) is 2.12. The minimum atomic E-state index is -0.273. The van der Waals surface area contributed by atoms with Crippen LogP contribution in [0.25, 0.3) is 0 Å². The average molecular weight is 187 g/mol. The molecule has 13 heavy (non-hydrogen) atoms. The Kier molecular flexibility index (Phi) is 3.00. The molecule has 0 saturated carbocycles. The quantitative estimate of drug-likeness (QED) is 0.618. The van der Waals surface area contributed by atoms with Crippen molar-refractivity contribution in [3.05, 3.63) is 0 Å². The first kappa shape index (κ1) is 11.0. The molecular formula is C10H21NO2. The zero-order valence-corrected chi connectivity index (χ0v) is 9.39. The third-order valence-electron chi connectivity index (χ3n) is 2.76. The topological polar surface area (TPSA) is 21.7 Å². The van der Waals surface area contributed by atoms with Gasteiger partial charge in [-0.15, -0.1) is 0 Å². The van der Waals surface area contributed by atoms with Gasteiger partial charge in [0.2, 0.25) is 0 Å². The predicted octanol–water partition coefficient (Wildman–Crippen LogP) is 1.34. The van der Waals surface area contributed by atoms with E-state index in [9.17, 15) is 0 Å². The van der Waals surface area contributed by atoms with Crippen molar-refractivity contribution in [1.82, 2.24) is 4.90 Å². The fourth-order valence-electron chi connectivity index (χ4n) is 1.88. The van der Waals surface area contributed by atoms with Crippen molar-refractivity contribution in [2.75, 3.05) is 33.9 Å². The molecule has 0 aromatic heterocycles. The van der Waals surface area contributed by atoms with Crippen LogP contribution in [0, 0.1) is 5.41 Å². The first-order chi connectivity index (χ1) is 5.90. The first-order valence-corrected chi connectivity index (χ1v) is 4.79. The van der Waals surface area contributed by atoms with Crippen molar-refractivity contribution < 1.29 is 9.47 Å². The number of rotatable bonds is 1. The molecule has 1 saturated heterocycles. The highest BCUT2D eigenvalue weighted by molar-refractivity contribution is 4.91. The Labute approximate surface area is 81.0 Å². The monoisotopic (exact) mass is 187 g/mol. The van der Waals surface area contributed by atoms with Crippen LogP contribution in [-0.4, -0.2) is 44.5 Å². The molecule has 0 spiro atoms. The van der Waals surface area contributed by atoms with Crippen LogP contribution in [0.15, 0.2) is 0 Å². The maximum Gasteiger partial charge on any atom is 0.149 e. The predicted molar refractivity (Wildman–Crippen MR) is 52.6 cm³/mol. The Balaban J connectivity index is 2.86. The van der Waals surface area contributed by atoms with Crippen LogP contribution in [0.4, 0.5) is 0 Å². The molecule has 1 aliphatic rings. The first-order valence-electron chi connectivity index (χ1n) is 4.79. The van der Waals surface area contributed by atoms with Crippen LogP contribution in [0.3, 0.4) is 0 Å². The zero-order valence-electron chi connectivity index (χ0n) is 9.39. The Hall–Kier alpha value is -0.120. The van der Waals surface area contributed by atoms with E-state index >= 15 is 0 Å². The molecule has 3 heteroatoms. The minimum Gasteiger partial charge on any atom is -0.375 e. The van der Waals surface area contributed by atoms with Crippen LogP contribution in [-0.2, 0) is 9.47 Å². The number of likely N-dealkylation sites (N-methyl/N-ethyl adjacent to an activating group) is 1. The summed E-state index contributed by atoms with van der Waals surface area (Å²) in [5.74, 6) is 0. The van der Waals surface area contributed by atoms with Gasteiger partial charge in [-0.25, -0.2) is 0 Å². The molecule has 0 aliphatic carbocycles. The summed E-state index contributed by atoms with van der Waals surface area (Å²) in [6, 6.07) is 0. The van der Waals surface area contributed by atoms with Gasteiger partial charge in [0.05, 0.1) is 19.8 Å². The summed E-state index contributed by atoms with van der Waals surface area (Å²) < 4.78 is 11.4. The van der Waals surface area contributed by atoms with Gasteiger partial charge in [-0.2, -0.15) is 0 Å². The van der Waals surface area contributed by atoms with Gasteiger partial charge in [-0.3, -0.25) is 4.90 Å². The molecule has 0 N–H and O–H groups in total. The fraction of sp³-hybridized carbons (Fsp3) is 1.00. The molecule has 0 bridgehead atoms. The number of hydrogen-bond donors (Lipinski definition) is 0. The molecule has 1 rings (SSSR count). The van der Waals surface area contributed by atoms with Crippen LogP contribution in [0.1, 0.15) is 20.8 Å². The van der Waals surface area contributed by atoms with E-state index in [-0.39, 0.29) is 11.1 Å². The second-order valence-electron chi connectivity index (χ2n) is 4.83. The van der Waals surface area contributed by atoms with E-state index in [0.717, 1.165) is 0 Å². The molecule has 3 nitrogen and oxygen atoms in total. The smallest absolute Gasteiger partial charge is 0.149 e. The Morgan fingerprint density at radius 1 is 1.15 bits per heavy atom. The van der Waals surface area contributed by atoms with Gasteiger partial charge < -0.3 is 9.47 Å². The number of hydrogen-bond acceptors (Lipinski definition) is 3. The molecule has 1 fully saturated rings. The highest BCUT2D eigenvalue weighted by Gasteiger charge is 2.47. The number of ether oxygens (including phenoxy) is 2. The normalized spacial score (nSPS) is 30.9. The van der Waals surface area contributed by atoms with Gasteiger partial charge in [-0.05, 0) is 14.1 Å². The van der Waals surface area contributed by atoms with Gasteiger partial charge in [-0.1, -0.05) is 20.8 Å². The van der Waals surface area contributed by atoms with Crippen molar-refractivity contribution in [2.24, 2.45) is 5.41 Å². The average Bonchev–Trinajstić information content (AvgIpc) is 2.03. The van der Waals surface area contributed by atoms with Gasteiger partial charge in [0.15, 0.2) is 0 Å². The van der Waals surface area contributed by atoms with Crippen molar-refractivity contribution in [2.45, 2.75) is 26.5 Å². The molecular weight excluding hydrogens is 166 g/mol. The van der Waals surface area contributed by atoms with E-state index in [1.807, 2.05) is 14.1 Å². The second kappa shape index (κ2) is 3.56. The Morgan fingerprint density at radius 2 is 1.77 bits per heavy atom. The van der Waals surface area contributed by atoms with Crippen molar-refractivity contribution >= 4 is 0 Å². The maximum atomic E-state index is 5.89. The SMILES string of the molecule is CN(C)C1(C(C)(C)C)COCCO1. The summed E-state index contributed by atoms with van der Waals surface area (Å²) in [5, 5.41) is 0. The lowest BCUT2D eigenvalue weighted by molar-refractivity contribution is -0.264. The van der Waals surface area contributed by atoms with Crippen molar-refractivity contribution in [1.29, 1.82) is 0 Å². The largest absolute Gasteiger partial charge is 0.375 e. The molecule has 1 unspecified atom stereocenters. The molecule has 1 heterocycles. The van der Waals surface area contributed by atoms with Crippen LogP contribution >= 0.6 is 0 Å². The summed E-state index contributed by atoms with van der Waals surface area (Å²) in [6.45, 7) is 8.61. The van der Waals surface area contributed by atoms with E-state index in [2.05, 4.69) is 25.7 Å². The van der Waals surface area contributed by atoms with Crippen molar-refractivity contribution in [3.63, 3.8) is 0 Å². The van der Waals surface area contributed by atoms with Gasteiger partial charge >= 0.3 is 0 Å². The standard InChI is InChI=1S/C10H21NO2/c1-9(2,3)10(11(4)5)8-12-6-7-13-10/h6-8H2,1-5H3. The van der Waals surface area contributed by atoms with E-state index < -0.39 is 0 Å². The molecule has 0 aromatic rings. The maximum absolute atomic E-state index is 5.89. The highest BCUT2D eigenvalue weighted by Crippen LogP contribution is 2.37. The summed E-state index contributed by atoms with van der Waals surface area (Å²) in [5.41, 5.74) is -0.206.